The lowest BCUT2D eigenvalue weighted by Crippen LogP contribution is -2.23. The average molecular weight is 396 g/mol. The third kappa shape index (κ3) is 2.15. The van der Waals surface area contributed by atoms with E-state index in [9.17, 15) is 0 Å². The van der Waals surface area contributed by atoms with Crippen molar-refractivity contribution < 1.29 is 4.74 Å². The molecule has 0 saturated heterocycles. The largest absolute Gasteiger partial charge is 0.495 e. The molecular formula is C15H12Br2N2O. The number of hydrogen-bond acceptors (Lipinski definition) is 2. The lowest BCUT2D eigenvalue weighted by atomic mass is 10.1. The Morgan fingerprint density at radius 3 is 2.60 bits per heavy atom. The van der Waals surface area contributed by atoms with Crippen molar-refractivity contribution in [2.75, 3.05) is 12.0 Å². The molecule has 102 valence electrons. The molecule has 0 radical (unpaired) electrons. The van der Waals surface area contributed by atoms with E-state index in [0.29, 0.717) is 12.4 Å². The molecule has 5 heteroatoms. The molecule has 0 fully saturated rings. The summed E-state index contributed by atoms with van der Waals surface area (Å²) in [4.78, 5) is 1.98. The van der Waals surface area contributed by atoms with E-state index >= 15 is 0 Å². The molecule has 0 saturated carbocycles. The van der Waals surface area contributed by atoms with E-state index in [-0.39, 0.29) is 0 Å². The summed E-state index contributed by atoms with van der Waals surface area (Å²) < 4.78 is 7.17. The van der Waals surface area contributed by atoms with E-state index < -0.39 is 0 Å². The van der Waals surface area contributed by atoms with Crippen molar-refractivity contribution in [3.05, 3.63) is 56.5 Å². The highest BCUT2D eigenvalue weighted by molar-refractivity contribution is 9.11. The second-order valence-corrected chi connectivity index (χ2v) is 6.24. The fourth-order valence-electron chi connectivity index (χ4n) is 2.37. The summed E-state index contributed by atoms with van der Waals surface area (Å²) in [6.45, 7) is 0.707. The van der Waals surface area contributed by atoms with E-state index in [2.05, 4.69) is 37.9 Å². The number of hydrogen-bond donors (Lipinski definition) is 1. The zero-order valence-electron chi connectivity index (χ0n) is 10.8. The third-order valence-corrected chi connectivity index (χ3v) is 4.64. The molecular weight excluding hydrogens is 384 g/mol. The number of fused-ring (bicyclic) bond motifs is 1. The molecule has 0 unspecified atom stereocenters. The van der Waals surface area contributed by atoms with Gasteiger partial charge in [-0.1, -0.05) is 24.3 Å². The van der Waals surface area contributed by atoms with Crippen LogP contribution < -0.4 is 9.64 Å². The first-order valence-electron chi connectivity index (χ1n) is 6.09. The Hall–Kier alpha value is -1.33. The predicted molar refractivity (Wildman–Crippen MR) is 87.8 cm³/mol. The standard InChI is InChI=1S/C15H12Br2N2O/c1-20-14-7-13(11(16)6-12(14)17)19-8-9-4-2-3-5-10(9)15(19)18/h2-7,18H,8H2,1H3. The lowest BCUT2D eigenvalue weighted by molar-refractivity contribution is 0.412. The van der Waals surface area contributed by atoms with Gasteiger partial charge in [-0.05, 0) is 43.5 Å². The highest BCUT2D eigenvalue weighted by atomic mass is 79.9. The van der Waals surface area contributed by atoms with Crippen LogP contribution in [-0.4, -0.2) is 12.9 Å². The quantitative estimate of drug-likeness (QED) is 0.808. The zero-order chi connectivity index (χ0) is 14.3. The van der Waals surface area contributed by atoms with Crippen LogP contribution in [0.15, 0.2) is 45.3 Å². The summed E-state index contributed by atoms with van der Waals surface area (Å²) in [6, 6.07) is 11.9. The van der Waals surface area contributed by atoms with E-state index in [1.807, 2.05) is 35.2 Å². The number of halogens is 2. The Morgan fingerprint density at radius 2 is 1.90 bits per heavy atom. The molecule has 3 nitrogen and oxygen atoms in total. The lowest BCUT2D eigenvalue weighted by Gasteiger charge is -2.21. The topological polar surface area (TPSA) is 36.3 Å². The van der Waals surface area contributed by atoms with Gasteiger partial charge >= 0.3 is 0 Å². The molecule has 2 aromatic carbocycles. The molecule has 0 spiro atoms. The normalized spacial score (nSPS) is 13.6. The molecule has 0 bridgehead atoms. The number of anilines is 1. The number of nitrogens with one attached hydrogen (secondary N) is 1. The van der Waals surface area contributed by atoms with Crippen LogP contribution >= 0.6 is 31.9 Å². The fraction of sp³-hybridized carbons (Fsp3) is 0.133. The van der Waals surface area contributed by atoms with Crippen molar-refractivity contribution in [2.45, 2.75) is 6.54 Å². The number of benzene rings is 2. The molecule has 0 aromatic heterocycles. The first-order valence-corrected chi connectivity index (χ1v) is 7.68. The molecule has 0 atom stereocenters. The minimum Gasteiger partial charge on any atom is -0.495 e. The van der Waals surface area contributed by atoms with Gasteiger partial charge in [0.15, 0.2) is 0 Å². The molecule has 1 heterocycles. The maximum atomic E-state index is 8.36. The molecule has 0 aliphatic carbocycles. The average Bonchev–Trinajstić information content (AvgIpc) is 2.77. The minimum absolute atomic E-state index is 0.519. The third-order valence-electron chi connectivity index (χ3n) is 3.38. The van der Waals surface area contributed by atoms with Crippen LogP contribution in [0.5, 0.6) is 5.75 Å². The van der Waals surface area contributed by atoms with Gasteiger partial charge in [-0.25, -0.2) is 0 Å². The molecule has 1 aliphatic heterocycles. The van der Waals surface area contributed by atoms with Gasteiger partial charge in [0.05, 0.1) is 23.8 Å². The Bertz CT molecular complexity index is 700. The molecule has 3 rings (SSSR count). The van der Waals surface area contributed by atoms with Gasteiger partial charge in [-0.2, -0.15) is 0 Å². The van der Waals surface area contributed by atoms with Crippen LogP contribution in [0.1, 0.15) is 11.1 Å². The molecule has 1 aliphatic rings. The number of ether oxygens (including phenoxy) is 1. The molecule has 0 amide bonds. The van der Waals surface area contributed by atoms with Crippen LogP contribution in [0.2, 0.25) is 0 Å². The van der Waals surface area contributed by atoms with Gasteiger partial charge in [0, 0.05) is 16.1 Å². The maximum Gasteiger partial charge on any atom is 0.135 e. The smallest absolute Gasteiger partial charge is 0.135 e. The van der Waals surface area contributed by atoms with Gasteiger partial charge in [-0.3, -0.25) is 5.41 Å². The number of amidine groups is 1. The summed E-state index contributed by atoms with van der Waals surface area (Å²) in [5.74, 6) is 1.28. The van der Waals surface area contributed by atoms with Crippen molar-refractivity contribution in [3.63, 3.8) is 0 Å². The Morgan fingerprint density at radius 1 is 1.15 bits per heavy atom. The number of methoxy groups -OCH3 is 1. The number of rotatable bonds is 2. The van der Waals surface area contributed by atoms with Crippen LogP contribution in [0.3, 0.4) is 0 Å². The SMILES string of the molecule is COc1cc(N2Cc3ccccc3C2=N)c(Br)cc1Br. The maximum absolute atomic E-state index is 8.36. The zero-order valence-corrected chi connectivity index (χ0v) is 14.0. The van der Waals surface area contributed by atoms with E-state index in [4.69, 9.17) is 10.1 Å². The fourth-order valence-corrected chi connectivity index (χ4v) is 3.74. The van der Waals surface area contributed by atoms with E-state index in [1.165, 1.54) is 5.56 Å². The second kappa shape index (κ2) is 5.22. The molecule has 2 aromatic rings. The summed E-state index contributed by atoms with van der Waals surface area (Å²) in [5.41, 5.74) is 3.10. The van der Waals surface area contributed by atoms with Crippen LogP contribution in [0.4, 0.5) is 5.69 Å². The highest BCUT2D eigenvalue weighted by Gasteiger charge is 2.26. The monoisotopic (exact) mass is 394 g/mol. The van der Waals surface area contributed by atoms with Crippen molar-refractivity contribution in [1.82, 2.24) is 0 Å². The second-order valence-electron chi connectivity index (χ2n) is 4.53. The van der Waals surface area contributed by atoms with Gasteiger partial charge in [0.25, 0.3) is 0 Å². The highest BCUT2D eigenvalue weighted by Crippen LogP contribution is 2.39. The van der Waals surface area contributed by atoms with Gasteiger partial charge < -0.3 is 9.64 Å². The van der Waals surface area contributed by atoms with Gasteiger partial charge in [-0.15, -0.1) is 0 Å². The Labute approximate surface area is 134 Å². The van der Waals surface area contributed by atoms with Crippen molar-refractivity contribution in [2.24, 2.45) is 0 Å². The summed E-state index contributed by atoms with van der Waals surface area (Å²) in [6.07, 6.45) is 0. The van der Waals surface area contributed by atoms with Crippen LogP contribution in [-0.2, 0) is 6.54 Å². The minimum atomic E-state index is 0.519. The van der Waals surface area contributed by atoms with Crippen molar-refractivity contribution in [3.8, 4) is 5.75 Å². The summed E-state index contributed by atoms with van der Waals surface area (Å²) in [5, 5.41) is 8.36. The van der Waals surface area contributed by atoms with Crippen molar-refractivity contribution in [1.29, 1.82) is 5.41 Å². The van der Waals surface area contributed by atoms with Gasteiger partial charge in [0.2, 0.25) is 0 Å². The van der Waals surface area contributed by atoms with Crippen LogP contribution in [0.25, 0.3) is 0 Å². The Balaban J connectivity index is 2.06. The first-order chi connectivity index (χ1) is 9.61. The molecule has 1 N–H and O–H groups in total. The Kier molecular flexibility index (Phi) is 3.56. The van der Waals surface area contributed by atoms with Crippen LogP contribution in [0, 0.1) is 5.41 Å². The van der Waals surface area contributed by atoms with E-state index in [1.54, 1.807) is 7.11 Å². The van der Waals surface area contributed by atoms with Crippen molar-refractivity contribution >= 4 is 43.4 Å². The van der Waals surface area contributed by atoms with E-state index in [0.717, 1.165) is 25.9 Å². The summed E-state index contributed by atoms with van der Waals surface area (Å²) >= 11 is 7.04. The summed E-state index contributed by atoms with van der Waals surface area (Å²) in [7, 11) is 1.64. The van der Waals surface area contributed by atoms with Gasteiger partial charge in [0.1, 0.15) is 11.6 Å². The molecule has 20 heavy (non-hydrogen) atoms. The number of nitrogens with zero attached hydrogens (tertiary/aromatic N) is 1. The predicted octanol–water partition coefficient (Wildman–Crippen LogP) is 4.57. The first kappa shape index (κ1) is 13.6.